The molecular formula is C15H20N4O2. The van der Waals surface area contributed by atoms with E-state index in [-0.39, 0.29) is 11.9 Å². The third-order valence-corrected chi connectivity index (χ3v) is 3.55. The standard InChI is InChI=1S/C15H20N4O2/c1-9(14-10(2)18-19(4)11(14)3)17-15(20)13-8-12(21-5)6-7-16-13/h6-9H,1-5H3,(H,17,20)/t9-/m0/s1. The van der Waals surface area contributed by atoms with Crippen LogP contribution in [0.4, 0.5) is 0 Å². The van der Waals surface area contributed by atoms with Crippen LogP contribution in [0, 0.1) is 13.8 Å². The van der Waals surface area contributed by atoms with Gasteiger partial charge in [-0.05, 0) is 26.8 Å². The fraction of sp³-hybridized carbons (Fsp3) is 0.400. The fourth-order valence-electron chi connectivity index (χ4n) is 2.42. The first-order chi connectivity index (χ1) is 9.93. The number of hydrogen-bond acceptors (Lipinski definition) is 4. The van der Waals surface area contributed by atoms with E-state index in [2.05, 4.69) is 15.4 Å². The number of aromatic nitrogens is 3. The minimum atomic E-state index is -0.232. The molecule has 0 unspecified atom stereocenters. The summed E-state index contributed by atoms with van der Waals surface area (Å²) in [6.07, 6.45) is 1.55. The van der Waals surface area contributed by atoms with Crippen LogP contribution in [0.5, 0.6) is 5.75 Å². The Kier molecular flexibility index (Phi) is 4.26. The van der Waals surface area contributed by atoms with Crippen LogP contribution in [-0.4, -0.2) is 27.8 Å². The molecule has 1 amide bonds. The lowest BCUT2D eigenvalue weighted by atomic mass is 10.1. The molecule has 0 saturated carbocycles. The number of aryl methyl sites for hydroxylation is 2. The number of methoxy groups -OCH3 is 1. The predicted octanol–water partition coefficient (Wildman–Crippen LogP) is 1.93. The maximum absolute atomic E-state index is 12.3. The average Bonchev–Trinajstić information content (AvgIpc) is 2.72. The van der Waals surface area contributed by atoms with Crippen molar-refractivity contribution in [3.8, 4) is 5.75 Å². The van der Waals surface area contributed by atoms with Gasteiger partial charge >= 0.3 is 0 Å². The maximum atomic E-state index is 12.3. The third-order valence-electron chi connectivity index (χ3n) is 3.55. The number of carbonyl (C=O) groups excluding carboxylic acids is 1. The highest BCUT2D eigenvalue weighted by atomic mass is 16.5. The Morgan fingerprint density at radius 3 is 2.71 bits per heavy atom. The van der Waals surface area contributed by atoms with E-state index in [0.29, 0.717) is 11.4 Å². The smallest absolute Gasteiger partial charge is 0.270 e. The highest BCUT2D eigenvalue weighted by molar-refractivity contribution is 5.92. The Labute approximate surface area is 124 Å². The molecule has 1 N–H and O–H groups in total. The van der Waals surface area contributed by atoms with Crippen molar-refractivity contribution in [2.45, 2.75) is 26.8 Å². The zero-order valence-electron chi connectivity index (χ0n) is 13.0. The van der Waals surface area contributed by atoms with Crippen molar-refractivity contribution >= 4 is 5.91 Å². The summed E-state index contributed by atoms with van der Waals surface area (Å²) in [4.78, 5) is 16.3. The van der Waals surface area contributed by atoms with Gasteiger partial charge in [-0.2, -0.15) is 5.10 Å². The van der Waals surface area contributed by atoms with E-state index in [1.807, 2.05) is 32.5 Å². The largest absolute Gasteiger partial charge is 0.497 e. The van der Waals surface area contributed by atoms with E-state index in [0.717, 1.165) is 17.0 Å². The molecule has 2 aromatic heterocycles. The fourth-order valence-corrected chi connectivity index (χ4v) is 2.42. The number of carbonyl (C=O) groups is 1. The van der Waals surface area contributed by atoms with Gasteiger partial charge in [-0.15, -0.1) is 0 Å². The van der Waals surface area contributed by atoms with Crippen molar-refractivity contribution in [1.29, 1.82) is 0 Å². The van der Waals surface area contributed by atoms with E-state index in [4.69, 9.17) is 4.74 Å². The molecule has 6 nitrogen and oxygen atoms in total. The van der Waals surface area contributed by atoms with Crippen LogP contribution in [-0.2, 0) is 7.05 Å². The van der Waals surface area contributed by atoms with E-state index in [1.54, 1.807) is 25.4 Å². The van der Waals surface area contributed by atoms with Gasteiger partial charge in [0, 0.05) is 30.6 Å². The first-order valence-electron chi connectivity index (χ1n) is 6.75. The molecule has 2 heterocycles. The molecule has 2 rings (SSSR count). The molecule has 0 spiro atoms. The Morgan fingerprint density at radius 2 is 2.14 bits per heavy atom. The summed E-state index contributed by atoms with van der Waals surface area (Å²) in [5.74, 6) is 0.376. The Balaban J connectivity index is 2.18. The van der Waals surface area contributed by atoms with Crippen LogP contribution in [0.3, 0.4) is 0 Å². The number of amides is 1. The van der Waals surface area contributed by atoms with Gasteiger partial charge in [-0.1, -0.05) is 0 Å². The first-order valence-corrected chi connectivity index (χ1v) is 6.75. The lowest BCUT2D eigenvalue weighted by Crippen LogP contribution is -2.28. The SMILES string of the molecule is COc1ccnc(C(=O)N[C@@H](C)c2c(C)nn(C)c2C)c1. The first kappa shape index (κ1) is 15.0. The van der Waals surface area contributed by atoms with E-state index in [1.165, 1.54) is 0 Å². The zero-order valence-corrected chi connectivity index (χ0v) is 13.0. The quantitative estimate of drug-likeness (QED) is 0.933. The zero-order chi connectivity index (χ0) is 15.6. The molecule has 0 aromatic carbocycles. The number of nitrogens with zero attached hydrogens (tertiary/aromatic N) is 3. The molecule has 6 heteroatoms. The van der Waals surface area contributed by atoms with Crippen LogP contribution < -0.4 is 10.1 Å². The van der Waals surface area contributed by atoms with E-state index in [9.17, 15) is 4.79 Å². The molecule has 0 fully saturated rings. The van der Waals surface area contributed by atoms with Gasteiger partial charge < -0.3 is 10.1 Å². The normalized spacial score (nSPS) is 12.0. The predicted molar refractivity (Wildman–Crippen MR) is 79.4 cm³/mol. The Hall–Kier alpha value is -2.37. The van der Waals surface area contributed by atoms with Crippen LogP contribution in [0.1, 0.15) is 40.4 Å². The van der Waals surface area contributed by atoms with Crippen molar-refractivity contribution in [2.24, 2.45) is 7.05 Å². The second kappa shape index (κ2) is 5.95. The van der Waals surface area contributed by atoms with Crippen molar-refractivity contribution in [1.82, 2.24) is 20.1 Å². The monoisotopic (exact) mass is 288 g/mol. The summed E-state index contributed by atoms with van der Waals surface area (Å²) in [5, 5.41) is 7.32. The molecule has 0 aliphatic carbocycles. The Bertz CT molecular complexity index is 664. The Morgan fingerprint density at radius 1 is 1.43 bits per heavy atom. The average molecular weight is 288 g/mol. The summed E-state index contributed by atoms with van der Waals surface area (Å²) in [5.41, 5.74) is 3.33. The second-order valence-corrected chi connectivity index (χ2v) is 4.98. The summed E-state index contributed by atoms with van der Waals surface area (Å²) in [6, 6.07) is 3.18. The molecular weight excluding hydrogens is 268 g/mol. The summed E-state index contributed by atoms with van der Waals surface area (Å²) < 4.78 is 6.92. The number of rotatable bonds is 4. The van der Waals surface area contributed by atoms with Crippen molar-refractivity contribution in [3.05, 3.63) is 41.0 Å². The maximum Gasteiger partial charge on any atom is 0.270 e. The van der Waals surface area contributed by atoms with Crippen LogP contribution in [0.25, 0.3) is 0 Å². The van der Waals surface area contributed by atoms with E-state index < -0.39 is 0 Å². The highest BCUT2D eigenvalue weighted by Gasteiger charge is 2.19. The second-order valence-electron chi connectivity index (χ2n) is 4.98. The molecule has 1 atom stereocenters. The molecule has 0 radical (unpaired) electrons. The van der Waals surface area contributed by atoms with Crippen molar-refractivity contribution in [3.63, 3.8) is 0 Å². The molecule has 0 saturated heterocycles. The number of nitrogens with one attached hydrogen (secondary N) is 1. The van der Waals surface area contributed by atoms with Gasteiger partial charge in [0.05, 0.1) is 18.8 Å². The lowest BCUT2D eigenvalue weighted by Gasteiger charge is -2.14. The molecule has 21 heavy (non-hydrogen) atoms. The number of pyridine rings is 1. The van der Waals surface area contributed by atoms with Gasteiger partial charge in [0.2, 0.25) is 0 Å². The van der Waals surface area contributed by atoms with Crippen molar-refractivity contribution < 1.29 is 9.53 Å². The molecule has 112 valence electrons. The van der Waals surface area contributed by atoms with E-state index >= 15 is 0 Å². The number of ether oxygens (including phenoxy) is 1. The summed E-state index contributed by atoms with van der Waals surface area (Å²) in [7, 11) is 3.45. The topological polar surface area (TPSA) is 69.0 Å². The summed E-state index contributed by atoms with van der Waals surface area (Å²) >= 11 is 0. The van der Waals surface area contributed by atoms with Gasteiger partial charge in [-0.25, -0.2) is 0 Å². The molecule has 0 aliphatic heterocycles. The molecule has 2 aromatic rings. The minimum Gasteiger partial charge on any atom is -0.497 e. The van der Waals surface area contributed by atoms with Crippen LogP contribution in [0.15, 0.2) is 18.3 Å². The van der Waals surface area contributed by atoms with Crippen LogP contribution in [0.2, 0.25) is 0 Å². The van der Waals surface area contributed by atoms with Gasteiger partial charge in [-0.3, -0.25) is 14.5 Å². The van der Waals surface area contributed by atoms with Crippen molar-refractivity contribution in [2.75, 3.05) is 7.11 Å². The third kappa shape index (κ3) is 3.04. The summed E-state index contributed by atoms with van der Waals surface area (Å²) in [6.45, 7) is 5.87. The van der Waals surface area contributed by atoms with Gasteiger partial charge in [0.15, 0.2) is 0 Å². The lowest BCUT2D eigenvalue weighted by molar-refractivity contribution is 0.0934. The van der Waals surface area contributed by atoms with Crippen LogP contribution >= 0.6 is 0 Å². The highest BCUT2D eigenvalue weighted by Crippen LogP contribution is 2.21. The molecule has 0 aliphatic rings. The number of hydrogen-bond donors (Lipinski definition) is 1. The van der Waals surface area contributed by atoms with Gasteiger partial charge in [0.1, 0.15) is 11.4 Å². The molecule has 0 bridgehead atoms. The minimum absolute atomic E-state index is 0.140. The van der Waals surface area contributed by atoms with Gasteiger partial charge in [0.25, 0.3) is 5.91 Å².